The summed E-state index contributed by atoms with van der Waals surface area (Å²) < 4.78 is 8.14. The van der Waals surface area contributed by atoms with Crippen LogP contribution in [0.4, 0.5) is 11.5 Å². The third-order valence-corrected chi connectivity index (χ3v) is 14.2. The number of nitrogens with zero attached hydrogens (tertiary/aromatic N) is 8. The number of hydrogen-bond acceptors (Lipinski definition) is 12. The molecule has 7 heterocycles. The summed E-state index contributed by atoms with van der Waals surface area (Å²) in [6.07, 6.45) is 11.0. The number of para-hydroxylation sites is 1. The van der Waals surface area contributed by atoms with Crippen LogP contribution in [0.3, 0.4) is 0 Å². The Morgan fingerprint density at radius 1 is 0.750 bits per heavy atom. The number of likely N-dealkylation sites (tertiary alicyclic amines) is 2. The molecule has 5 aromatic rings. The Kier molecular flexibility index (Phi) is 11.8. The number of hydrogen-bond donors (Lipinski definition) is 2. The predicted molar refractivity (Wildman–Crippen MR) is 243 cm³/mol. The van der Waals surface area contributed by atoms with Crippen LogP contribution >= 0.6 is 0 Å². The number of fused-ring (bicyclic) bond motifs is 2. The van der Waals surface area contributed by atoms with Gasteiger partial charge >= 0.3 is 0 Å². The minimum Gasteiger partial charge on any atom is -0.457 e. The van der Waals surface area contributed by atoms with E-state index in [1.807, 2.05) is 66.7 Å². The van der Waals surface area contributed by atoms with Crippen LogP contribution in [0.1, 0.15) is 91.0 Å². The largest absolute Gasteiger partial charge is 0.457 e. The van der Waals surface area contributed by atoms with Crippen molar-refractivity contribution in [1.82, 2.24) is 39.8 Å². The lowest BCUT2D eigenvalue weighted by Gasteiger charge is -2.38. The van der Waals surface area contributed by atoms with Gasteiger partial charge in [-0.15, -0.1) is 0 Å². The number of amides is 4. The summed E-state index contributed by atoms with van der Waals surface area (Å²) in [4.78, 5) is 68.3. The van der Waals surface area contributed by atoms with Crippen molar-refractivity contribution < 1.29 is 23.9 Å². The van der Waals surface area contributed by atoms with Gasteiger partial charge in [0.25, 0.3) is 11.8 Å². The van der Waals surface area contributed by atoms with Crippen LogP contribution < -0.4 is 20.7 Å². The topological polar surface area (TPSA) is 172 Å². The number of carbonyl (C=O) groups excluding carboxylic acids is 4. The molecule has 4 amide bonds. The summed E-state index contributed by atoms with van der Waals surface area (Å²) >= 11 is 0. The molecule has 5 aliphatic rings. The van der Waals surface area contributed by atoms with Gasteiger partial charge in [0, 0.05) is 43.9 Å². The Labute approximate surface area is 372 Å². The van der Waals surface area contributed by atoms with E-state index >= 15 is 0 Å². The Hall–Kier alpha value is -6.19. The van der Waals surface area contributed by atoms with Gasteiger partial charge in [-0.1, -0.05) is 18.2 Å². The smallest absolute Gasteiger partial charge is 0.262 e. The summed E-state index contributed by atoms with van der Waals surface area (Å²) in [5.41, 5.74) is 10.6. The van der Waals surface area contributed by atoms with Gasteiger partial charge in [-0.05, 0) is 150 Å². The molecule has 4 saturated heterocycles. The van der Waals surface area contributed by atoms with Gasteiger partial charge < -0.3 is 25.2 Å². The molecule has 2 aromatic heterocycles. The van der Waals surface area contributed by atoms with Crippen LogP contribution in [-0.2, 0) is 9.59 Å². The van der Waals surface area contributed by atoms with Gasteiger partial charge in [0.2, 0.25) is 11.8 Å². The molecular weight excluding hydrogens is 809 g/mol. The van der Waals surface area contributed by atoms with Crippen molar-refractivity contribution in [3.63, 3.8) is 0 Å². The molecule has 64 heavy (non-hydrogen) atoms. The van der Waals surface area contributed by atoms with Gasteiger partial charge in [-0.2, -0.15) is 5.10 Å². The first kappa shape index (κ1) is 41.8. The van der Waals surface area contributed by atoms with Crippen LogP contribution in [0.25, 0.3) is 22.3 Å². The van der Waals surface area contributed by atoms with Crippen molar-refractivity contribution in [2.45, 2.75) is 76.3 Å². The van der Waals surface area contributed by atoms with Gasteiger partial charge in [-0.25, -0.2) is 14.6 Å². The Morgan fingerprint density at radius 2 is 1.50 bits per heavy atom. The number of anilines is 2. The Balaban J connectivity index is 0.674. The SMILES string of the molecule is Nc1ncnc2c1c(-c1ccc(Oc3ccccc3)cc1)nn2[C@@H]1CCCN(CC2CCN(CCCC3CCN(c4ccc5c(c4)C(=O)N(C4CCC(=O)NC4=O)C5=O)CC3)CC2)C1. The van der Waals surface area contributed by atoms with Crippen molar-refractivity contribution in [3.8, 4) is 22.8 Å². The Morgan fingerprint density at radius 3 is 2.28 bits per heavy atom. The zero-order valence-electron chi connectivity index (χ0n) is 36.2. The van der Waals surface area contributed by atoms with E-state index in [-0.39, 0.29) is 24.8 Å². The molecule has 15 nitrogen and oxygen atoms in total. The first-order valence-electron chi connectivity index (χ1n) is 23.1. The van der Waals surface area contributed by atoms with E-state index in [0.29, 0.717) is 28.8 Å². The monoisotopic (exact) mass is 864 g/mol. The number of nitrogens with one attached hydrogen (secondary N) is 1. The lowest BCUT2D eigenvalue weighted by atomic mass is 9.91. The molecule has 0 spiro atoms. The summed E-state index contributed by atoms with van der Waals surface area (Å²) in [6.45, 7) is 8.42. The van der Waals surface area contributed by atoms with E-state index < -0.39 is 23.8 Å². The number of ether oxygens (including phenoxy) is 1. The number of nitrogen functional groups attached to an aromatic ring is 1. The second-order valence-electron chi connectivity index (χ2n) is 18.3. The lowest BCUT2D eigenvalue weighted by molar-refractivity contribution is -0.136. The van der Waals surface area contributed by atoms with E-state index in [1.165, 1.54) is 25.7 Å². The van der Waals surface area contributed by atoms with Gasteiger partial charge in [0.1, 0.15) is 35.4 Å². The zero-order chi connectivity index (χ0) is 43.7. The molecule has 0 aliphatic carbocycles. The highest BCUT2D eigenvalue weighted by atomic mass is 16.5. The van der Waals surface area contributed by atoms with Crippen molar-refractivity contribution in [3.05, 3.63) is 90.3 Å². The minimum atomic E-state index is -0.954. The molecule has 10 rings (SSSR count). The fraction of sp³-hybridized carbons (Fsp3) is 0.449. The highest BCUT2D eigenvalue weighted by molar-refractivity contribution is 6.23. The molecule has 3 N–H and O–H groups in total. The molecule has 0 saturated carbocycles. The molecular formula is C49H56N10O5. The summed E-state index contributed by atoms with van der Waals surface area (Å²) in [5.74, 6) is 1.45. The maximum atomic E-state index is 13.4. The summed E-state index contributed by atoms with van der Waals surface area (Å²) in [7, 11) is 0. The fourth-order valence-corrected chi connectivity index (χ4v) is 10.7. The van der Waals surface area contributed by atoms with Crippen LogP contribution in [0.15, 0.2) is 79.1 Å². The normalized spacial score (nSPS) is 21.8. The van der Waals surface area contributed by atoms with Crippen LogP contribution in [0.2, 0.25) is 0 Å². The van der Waals surface area contributed by atoms with Crippen LogP contribution in [-0.4, -0.2) is 116 Å². The average molecular weight is 865 g/mol. The molecule has 5 aliphatic heterocycles. The number of rotatable bonds is 12. The number of benzene rings is 3. The maximum absolute atomic E-state index is 13.4. The Bertz CT molecular complexity index is 2530. The van der Waals surface area contributed by atoms with Crippen molar-refractivity contribution in [1.29, 1.82) is 0 Å². The predicted octanol–water partition coefficient (Wildman–Crippen LogP) is 6.31. The summed E-state index contributed by atoms with van der Waals surface area (Å²) in [5, 5.41) is 8.24. The second kappa shape index (κ2) is 18.1. The quantitative estimate of drug-likeness (QED) is 0.134. The molecule has 3 aromatic carbocycles. The number of imide groups is 2. The van der Waals surface area contributed by atoms with Crippen molar-refractivity contribution in [2.24, 2.45) is 11.8 Å². The van der Waals surface area contributed by atoms with Crippen molar-refractivity contribution >= 4 is 46.2 Å². The zero-order valence-corrected chi connectivity index (χ0v) is 36.2. The number of aromatic nitrogens is 4. The van der Waals surface area contributed by atoms with Crippen LogP contribution in [0, 0.1) is 11.8 Å². The van der Waals surface area contributed by atoms with Gasteiger partial charge in [0.05, 0.1) is 22.6 Å². The number of piperidine rings is 4. The molecule has 15 heteroatoms. The molecule has 332 valence electrons. The fourth-order valence-electron chi connectivity index (χ4n) is 10.7. The highest BCUT2D eigenvalue weighted by Crippen LogP contribution is 2.36. The van der Waals surface area contributed by atoms with Gasteiger partial charge in [-0.3, -0.25) is 29.4 Å². The van der Waals surface area contributed by atoms with E-state index in [4.69, 9.17) is 20.6 Å². The lowest BCUT2D eigenvalue weighted by Crippen LogP contribution is -2.54. The molecule has 4 fully saturated rings. The number of nitrogens with two attached hydrogens (primary N) is 1. The van der Waals surface area contributed by atoms with Gasteiger partial charge in [0.15, 0.2) is 5.65 Å². The highest BCUT2D eigenvalue weighted by Gasteiger charge is 2.45. The first-order chi connectivity index (χ1) is 31.3. The van der Waals surface area contributed by atoms with E-state index in [1.54, 1.807) is 12.4 Å². The molecule has 1 unspecified atom stereocenters. The van der Waals surface area contributed by atoms with E-state index in [0.717, 1.165) is 122 Å². The number of carbonyl (C=O) groups is 4. The molecule has 0 radical (unpaired) electrons. The van der Waals surface area contributed by atoms with E-state index in [2.05, 4.69) is 29.7 Å². The van der Waals surface area contributed by atoms with E-state index in [9.17, 15) is 19.2 Å². The maximum Gasteiger partial charge on any atom is 0.262 e. The molecule has 2 atom stereocenters. The average Bonchev–Trinajstić information content (AvgIpc) is 3.83. The van der Waals surface area contributed by atoms with Crippen molar-refractivity contribution in [2.75, 3.05) is 63.0 Å². The third-order valence-electron chi connectivity index (χ3n) is 14.2. The third kappa shape index (κ3) is 8.58. The van der Waals surface area contributed by atoms with Crippen LogP contribution in [0.5, 0.6) is 11.5 Å². The molecule has 0 bridgehead atoms. The summed E-state index contributed by atoms with van der Waals surface area (Å²) in [6, 6.07) is 22.4. The minimum absolute atomic E-state index is 0.107. The standard InChI is InChI=1S/C49H56N10O5/c50-45-43-44(34-10-13-38(14-11-34)64-37-8-2-1-3-9-37)54-59(46(43)52-31-51-45)36-7-5-23-56(30-36)29-33-18-24-55(25-19-33)22-4-6-32-20-26-57(27-21-32)35-12-15-39-40(28-35)49(63)58(48(39)62)41-16-17-42(60)53-47(41)61/h1-3,8-15,28,31-33,36,41H,4-7,16-27,29-30H2,(H2,50,51,52)(H,53,60,61)/t36-,41?/m1/s1. The first-order valence-corrected chi connectivity index (χ1v) is 23.1. The second-order valence-corrected chi connectivity index (χ2v) is 18.3.